The summed E-state index contributed by atoms with van der Waals surface area (Å²) in [5, 5.41) is 15.4. The summed E-state index contributed by atoms with van der Waals surface area (Å²) in [5.74, 6) is 1.43. The molecule has 0 radical (unpaired) electrons. The second kappa shape index (κ2) is 9.80. The number of carbonyl (C=O) groups excluding carboxylic acids is 1. The van der Waals surface area contributed by atoms with Crippen LogP contribution in [-0.2, 0) is 4.74 Å². The van der Waals surface area contributed by atoms with Gasteiger partial charge in [-0.1, -0.05) is 13.8 Å². The summed E-state index contributed by atoms with van der Waals surface area (Å²) >= 11 is 0. The van der Waals surface area contributed by atoms with Gasteiger partial charge in [-0.2, -0.15) is 5.10 Å². The van der Waals surface area contributed by atoms with Crippen molar-refractivity contribution >= 4 is 5.91 Å². The van der Waals surface area contributed by atoms with Crippen molar-refractivity contribution in [1.82, 2.24) is 30.2 Å². The highest BCUT2D eigenvalue weighted by atomic mass is 16.5. The van der Waals surface area contributed by atoms with Crippen LogP contribution in [0.4, 0.5) is 0 Å². The van der Waals surface area contributed by atoms with Gasteiger partial charge in [0.05, 0.1) is 36.8 Å². The molecule has 1 atom stereocenters. The fourth-order valence-electron chi connectivity index (χ4n) is 3.40. The van der Waals surface area contributed by atoms with Crippen molar-refractivity contribution in [3.05, 3.63) is 29.6 Å². The molecule has 0 aromatic carbocycles. The molecule has 1 amide bonds. The average Bonchev–Trinajstić information content (AvgIpc) is 3.08. The minimum Gasteiger partial charge on any atom is -0.477 e. The maximum atomic E-state index is 12.7. The highest BCUT2D eigenvalue weighted by Crippen LogP contribution is 2.14. The third-order valence-corrected chi connectivity index (χ3v) is 4.73. The number of hydrogen-bond donors (Lipinski definition) is 1. The van der Waals surface area contributed by atoms with E-state index < -0.39 is 0 Å². The van der Waals surface area contributed by atoms with Gasteiger partial charge in [-0.25, -0.2) is 4.68 Å². The Morgan fingerprint density at radius 1 is 1.38 bits per heavy atom. The Morgan fingerprint density at radius 3 is 2.90 bits per heavy atom. The second-order valence-corrected chi connectivity index (χ2v) is 7.57. The van der Waals surface area contributed by atoms with E-state index >= 15 is 0 Å². The Labute approximate surface area is 171 Å². The Bertz CT molecular complexity index is 805. The molecular weight excluding hydrogens is 372 g/mol. The molecule has 0 spiro atoms. The largest absolute Gasteiger partial charge is 0.477 e. The molecule has 1 saturated heterocycles. The van der Waals surface area contributed by atoms with Crippen molar-refractivity contribution in [2.45, 2.75) is 33.8 Å². The van der Waals surface area contributed by atoms with Gasteiger partial charge >= 0.3 is 0 Å². The van der Waals surface area contributed by atoms with Gasteiger partial charge in [0.25, 0.3) is 5.91 Å². The number of morpholine rings is 1. The second-order valence-electron chi connectivity index (χ2n) is 7.57. The lowest BCUT2D eigenvalue weighted by atomic mass is 10.1. The number of aromatic nitrogens is 4. The maximum absolute atomic E-state index is 12.7. The van der Waals surface area contributed by atoms with Crippen LogP contribution in [0.3, 0.4) is 0 Å². The molecule has 0 aliphatic carbocycles. The summed E-state index contributed by atoms with van der Waals surface area (Å²) in [4.78, 5) is 15.0. The highest BCUT2D eigenvalue weighted by molar-refractivity contribution is 5.95. The van der Waals surface area contributed by atoms with Gasteiger partial charge in [-0.05, 0) is 25.8 Å². The van der Waals surface area contributed by atoms with E-state index in [4.69, 9.17) is 9.47 Å². The highest BCUT2D eigenvalue weighted by Gasteiger charge is 2.23. The molecule has 1 fully saturated rings. The normalized spacial score (nSPS) is 17.5. The molecule has 3 rings (SSSR count). The molecular formula is C20H30N6O3. The van der Waals surface area contributed by atoms with Gasteiger partial charge in [0.2, 0.25) is 5.88 Å². The predicted octanol–water partition coefficient (Wildman–Crippen LogP) is 1.46. The minimum absolute atomic E-state index is 0.00113. The first-order valence-corrected chi connectivity index (χ1v) is 10.1. The molecule has 158 valence electrons. The lowest BCUT2D eigenvalue weighted by Gasteiger charge is -2.33. The molecule has 2 aromatic heterocycles. The van der Waals surface area contributed by atoms with Crippen molar-refractivity contribution in [2.24, 2.45) is 5.92 Å². The summed E-state index contributed by atoms with van der Waals surface area (Å²) in [6, 6.07) is 3.49. The first-order chi connectivity index (χ1) is 14.0. The molecule has 0 saturated carbocycles. The van der Waals surface area contributed by atoms with E-state index in [1.807, 2.05) is 13.8 Å². The molecule has 2 aromatic rings. The van der Waals surface area contributed by atoms with Crippen LogP contribution in [0.1, 0.15) is 36.8 Å². The van der Waals surface area contributed by atoms with Crippen LogP contribution in [0.5, 0.6) is 5.88 Å². The summed E-state index contributed by atoms with van der Waals surface area (Å²) in [6.45, 7) is 12.7. The lowest BCUT2D eigenvalue weighted by Crippen LogP contribution is -2.48. The molecule has 1 aliphatic rings. The standard InChI is InChI=1S/C20H30N6O3/c1-5-28-19-7-6-18(23-24-19)26-15(4)17(11-22-26)20(27)21-10-16-13-25(8-9-29-16)12-14(2)3/h6-7,11,14,16H,5,8-10,12-13H2,1-4H3,(H,21,27). The Hall–Kier alpha value is -2.52. The zero-order chi connectivity index (χ0) is 20.8. The van der Waals surface area contributed by atoms with Crippen molar-refractivity contribution in [1.29, 1.82) is 0 Å². The van der Waals surface area contributed by atoms with Crippen LogP contribution < -0.4 is 10.1 Å². The molecule has 29 heavy (non-hydrogen) atoms. The van der Waals surface area contributed by atoms with E-state index in [-0.39, 0.29) is 12.0 Å². The van der Waals surface area contributed by atoms with Crippen molar-refractivity contribution in [2.75, 3.05) is 39.4 Å². The quantitative estimate of drug-likeness (QED) is 0.714. The van der Waals surface area contributed by atoms with E-state index in [0.29, 0.717) is 48.6 Å². The number of amides is 1. The van der Waals surface area contributed by atoms with Crippen LogP contribution in [0.15, 0.2) is 18.3 Å². The fraction of sp³-hybridized carbons (Fsp3) is 0.600. The van der Waals surface area contributed by atoms with Crippen molar-refractivity contribution in [3.8, 4) is 11.7 Å². The van der Waals surface area contributed by atoms with E-state index in [2.05, 4.69) is 39.4 Å². The third-order valence-electron chi connectivity index (χ3n) is 4.73. The monoisotopic (exact) mass is 402 g/mol. The van der Waals surface area contributed by atoms with E-state index in [9.17, 15) is 4.79 Å². The lowest BCUT2D eigenvalue weighted by molar-refractivity contribution is -0.0295. The van der Waals surface area contributed by atoms with Gasteiger partial charge in [0, 0.05) is 32.2 Å². The molecule has 3 heterocycles. The fourth-order valence-corrected chi connectivity index (χ4v) is 3.40. The summed E-state index contributed by atoms with van der Waals surface area (Å²) in [7, 11) is 0. The average molecular weight is 402 g/mol. The van der Waals surface area contributed by atoms with Crippen molar-refractivity contribution in [3.63, 3.8) is 0 Å². The summed E-state index contributed by atoms with van der Waals surface area (Å²) < 4.78 is 12.7. The Morgan fingerprint density at radius 2 is 2.21 bits per heavy atom. The van der Waals surface area contributed by atoms with Crippen LogP contribution in [0, 0.1) is 12.8 Å². The van der Waals surface area contributed by atoms with Gasteiger partial charge < -0.3 is 14.8 Å². The molecule has 9 nitrogen and oxygen atoms in total. The van der Waals surface area contributed by atoms with Crippen LogP contribution in [0.25, 0.3) is 5.82 Å². The molecule has 0 bridgehead atoms. The molecule has 1 N–H and O–H groups in total. The minimum atomic E-state index is -0.169. The predicted molar refractivity (Wildman–Crippen MR) is 108 cm³/mol. The molecule has 1 unspecified atom stereocenters. The number of nitrogens with one attached hydrogen (secondary N) is 1. The Kier molecular flexibility index (Phi) is 7.16. The summed E-state index contributed by atoms with van der Waals surface area (Å²) in [6.07, 6.45) is 1.55. The number of hydrogen-bond acceptors (Lipinski definition) is 7. The van der Waals surface area contributed by atoms with Gasteiger partial charge in [-0.15, -0.1) is 10.2 Å². The van der Waals surface area contributed by atoms with Gasteiger partial charge in [-0.3, -0.25) is 9.69 Å². The van der Waals surface area contributed by atoms with Gasteiger partial charge in [0.15, 0.2) is 5.82 Å². The zero-order valence-electron chi connectivity index (χ0n) is 17.6. The van der Waals surface area contributed by atoms with E-state index in [1.165, 1.54) is 0 Å². The number of rotatable bonds is 8. The maximum Gasteiger partial charge on any atom is 0.254 e. The Balaban J connectivity index is 1.59. The third kappa shape index (κ3) is 5.51. The zero-order valence-corrected chi connectivity index (χ0v) is 17.6. The number of ether oxygens (including phenoxy) is 2. The first kappa shape index (κ1) is 21.2. The van der Waals surface area contributed by atoms with Crippen LogP contribution in [0.2, 0.25) is 0 Å². The molecule has 9 heteroatoms. The smallest absolute Gasteiger partial charge is 0.254 e. The topological polar surface area (TPSA) is 94.4 Å². The number of nitrogens with zero attached hydrogens (tertiary/aromatic N) is 5. The summed E-state index contributed by atoms with van der Waals surface area (Å²) in [5.41, 5.74) is 1.21. The van der Waals surface area contributed by atoms with Crippen LogP contribution >= 0.6 is 0 Å². The van der Waals surface area contributed by atoms with E-state index in [1.54, 1.807) is 23.0 Å². The van der Waals surface area contributed by atoms with E-state index in [0.717, 1.165) is 19.6 Å². The SMILES string of the molecule is CCOc1ccc(-n2ncc(C(=O)NCC3CN(CC(C)C)CCO3)c2C)nn1. The van der Waals surface area contributed by atoms with Crippen LogP contribution in [-0.4, -0.2) is 76.3 Å². The molecule has 1 aliphatic heterocycles. The van der Waals surface area contributed by atoms with Crippen molar-refractivity contribution < 1.29 is 14.3 Å². The first-order valence-electron chi connectivity index (χ1n) is 10.1. The number of carbonyl (C=O) groups is 1. The van der Waals surface area contributed by atoms with Gasteiger partial charge in [0.1, 0.15) is 0 Å².